The predicted molar refractivity (Wildman–Crippen MR) is 275 cm³/mol. The van der Waals surface area contributed by atoms with Crippen molar-refractivity contribution in [3.05, 3.63) is 58.2 Å². The lowest BCUT2D eigenvalue weighted by molar-refractivity contribution is -0.352. The molecule has 3 aliphatic heterocycles. The van der Waals surface area contributed by atoms with Gasteiger partial charge in [0.1, 0.15) is 24.2 Å². The third-order valence-corrected chi connectivity index (χ3v) is 13.1. The fourth-order valence-corrected chi connectivity index (χ4v) is 9.80. The van der Waals surface area contributed by atoms with E-state index in [9.17, 15) is 32.3 Å². The number of methoxy groups -OCH3 is 1. The van der Waals surface area contributed by atoms with Gasteiger partial charge in [-0.05, 0) is 68.9 Å². The van der Waals surface area contributed by atoms with E-state index in [1.165, 1.54) is 33.2 Å². The molecule has 3 aromatic heterocycles. The summed E-state index contributed by atoms with van der Waals surface area (Å²) in [5.41, 5.74) is 8.90. The number of esters is 1. The molecular weight excluding hydrogens is 982 g/mol. The largest absolute Gasteiger partial charge is 0.522 e. The smallest absolute Gasteiger partial charge is 0.464 e. The highest BCUT2D eigenvalue weighted by molar-refractivity contribution is 7.59. The number of hydrogen-bond donors (Lipinski definition) is 2. The first kappa shape index (κ1) is 58.6. The van der Waals surface area contributed by atoms with Crippen LogP contribution in [-0.4, -0.2) is 124 Å². The quantitative estimate of drug-likeness (QED) is 0.168. The summed E-state index contributed by atoms with van der Waals surface area (Å²) in [4.78, 5) is 68.1. The molecule has 23 heteroatoms. The van der Waals surface area contributed by atoms with Crippen molar-refractivity contribution in [3.8, 4) is 22.5 Å². The average molecular weight is 1050 g/mol. The second kappa shape index (κ2) is 23.9. The molecule has 3 aliphatic rings. The summed E-state index contributed by atoms with van der Waals surface area (Å²) in [6.45, 7) is 12.1. The average Bonchev–Trinajstić information content (AvgIpc) is 3.83. The van der Waals surface area contributed by atoms with Crippen molar-refractivity contribution in [1.29, 1.82) is 0 Å². The number of rotatable bonds is 9. The van der Waals surface area contributed by atoms with Gasteiger partial charge in [0.25, 0.3) is 5.91 Å². The van der Waals surface area contributed by atoms with E-state index in [0.717, 1.165) is 39.0 Å². The van der Waals surface area contributed by atoms with E-state index in [1.54, 1.807) is 27.2 Å². The number of aromatic nitrogens is 3. The number of nitrogens with one attached hydrogen (secondary N) is 2. The number of hydrogen-bond acceptors (Lipinski definition) is 11. The lowest BCUT2D eigenvalue weighted by Gasteiger charge is -2.43. The number of likely N-dealkylation sites (tertiary alicyclic amines) is 1. The van der Waals surface area contributed by atoms with Gasteiger partial charge in [-0.15, -0.1) is 24.5 Å². The predicted octanol–water partition coefficient (Wildman–Crippen LogP) is 6.95. The molecule has 378 valence electrons. The first-order valence-corrected chi connectivity index (χ1v) is 22.6. The summed E-state index contributed by atoms with van der Waals surface area (Å²) in [7, 11) is 3.07. The molecule has 2 saturated heterocycles. The second-order valence-electron chi connectivity index (χ2n) is 17.9. The number of alkyl halides is 3. The summed E-state index contributed by atoms with van der Waals surface area (Å²) in [6, 6.07) is 6.46. The lowest BCUT2D eigenvalue weighted by atomic mass is 9.84. The van der Waals surface area contributed by atoms with Gasteiger partial charge in [-0.1, -0.05) is 33.8 Å². The second-order valence-corrected chi connectivity index (χ2v) is 18.9. The fourth-order valence-electron chi connectivity index (χ4n) is 8.95. The molecule has 4 aromatic rings. The first-order chi connectivity index (χ1) is 30.3. The number of pyridine rings is 1. The fraction of sp³-hybridized carbons (Fsp3) is 0.556. The molecule has 0 aliphatic carbocycles. The number of likely N-dealkylation sites (N-methyl/N-ethyl adjacent to an activating group) is 1. The van der Waals surface area contributed by atoms with Gasteiger partial charge in [-0.25, -0.2) is 15.2 Å². The lowest BCUT2D eigenvalue weighted by Crippen LogP contribution is -2.64. The number of benzene rings is 1. The maximum Gasteiger partial charge on any atom is 0.522 e. The highest BCUT2D eigenvalue weighted by Gasteiger charge is 2.44. The Kier molecular flexibility index (Phi) is 20.6. The number of carbonyl (C=O) groups is 4. The Hall–Kier alpha value is -3.71. The van der Waals surface area contributed by atoms with Crippen molar-refractivity contribution in [1.82, 2.24) is 40.1 Å². The van der Waals surface area contributed by atoms with Crippen LogP contribution in [-0.2, 0) is 48.0 Å². The van der Waals surface area contributed by atoms with E-state index in [4.69, 9.17) is 19.4 Å². The van der Waals surface area contributed by atoms with Crippen LogP contribution >= 0.6 is 65.3 Å². The van der Waals surface area contributed by atoms with Gasteiger partial charge in [-0.3, -0.25) is 29.1 Å². The Morgan fingerprint density at radius 1 is 1.10 bits per heavy atom. The van der Waals surface area contributed by atoms with Crippen LogP contribution in [0.15, 0.2) is 41.9 Å². The van der Waals surface area contributed by atoms with Crippen molar-refractivity contribution >= 4 is 100 Å². The molecule has 2 N–H and O–H groups in total. The zero-order valence-corrected chi connectivity index (χ0v) is 44.3. The van der Waals surface area contributed by atoms with E-state index < -0.39 is 65.7 Å². The van der Waals surface area contributed by atoms with Crippen LogP contribution in [0.25, 0.3) is 33.4 Å². The summed E-state index contributed by atoms with van der Waals surface area (Å²) < 4.78 is 56.5. The van der Waals surface area contributed by atoms with E-state index in [1.807, 2.05) is 24.4 Å². The molecule has 2 fully saturated rings. The Labute approximate surface area is 427 Å². The van der Waals surface area contributed by atoms with Crippen LogP contribution in [0.1, 0.15) is 76.8 Å². The number of halogens is 3. The van der Waals surface area contributed by atoms with Gasteiger partial charge < -0.3 is 29.2 Å². The number of cyclic esters (lactones) is 1. The van der Waals surface area contributed by atoms with Crippen molar-refractivity contribution < 1.29 is 46.6 Å². The summed E-state index contributed by atoms with van der Waals surface area (Å²) in [5.74, 6) is -2.10. The van der Waals surface area contributed by atoms with Crippen molar-refractivity contribution in [2.45, 2.75) is 110 Å². The van der Waals surface area contributed by atoms with Crippen LogP contribution < -0.4 is 10.7 Å². The van der Waals surface area contributed by atoms with Gasteiger partial charge in [0.2, 0.25) is 5.91 Å². The minimum absolute atomic E-state index is 0. The molecule has 4 amide bonds. The van der Waals surface area contributed by atoms with Gasteiger partial charge >= 0.3 is 18.4 Å². The molecule has 1 aromatic carbocycles. The number of urea groups is 1. The topological polar surface area (TPSA) is 160 Å². The number of nitrogens with zero attached hydrogens (tertiary/aromatic N) is 6. The van der Waals surface area contributed by atoms with Crippen LogP contribution in [0.3, 0.4) is 0 Å². The molecule has 7 rings (SSSR count). The Morgan fingerprint density at radius 2 is 1.81 bits per heavy atom. The number of fused-ring (bicyclic) bond motifs is 6. The van der Waals surface area contributed by atoms with E-state index in [2.05, 4.69) is 59.0 Å². The number of ether oxygens (including phenoxy) is 3. The molecule has 6 heterocycles. The maximum absolute atomic E-state index is 14.5. The monoisotopic (exact) mass is 1050 g/mol. The Bertz CT molecular complexity index is 2400. The molecule has 0 saturated carbocycles. The van der Waals surface area contributed by atoms with Crippen LogP contribution in [0.5, 0.6) is 0 Å². The highest BCUT2D eigenvalue weighted by Crippen LogP contribution is 2.42. The molecule has 0 spiro atoms. The molecule has 15 nitrogen and oxygen atoms in total. The molecule has 6 bridgehead atoms. The maximum atomic E-state index is 14.5. The molecular formula is C45H65F3N8O7S5. The summed E-state index contributed by atoms with van der Waals surface area (Å²) in [6.07, 6.45) is -3.11. The first-order valence-electron chi connectivity index (χ1n) is 21.7. The number of thiazole rings is 1. The van der Waals surface area contributed by atoms with Crippen LogP contribution in [0.4, 0.5) is 18.0 Å². The van der Waals surface area contributed by atoms with E-state index in [0.29, 0.717) is 36.5 Å². The third-order valence-electron chi connectivity index (χ3n) is 12.2. The minimum Gasteiger partial charge on any atom is -0.464 e. The van der Waals surface area contributed by atoms with Crippen LogP contribution in [0.2, 0.25) is 0 Å². The Balaban J connectivity index is 0.00000306. The number of aryl methyl sites for hydroxylation is 1. The van der Waals surface area contributed by atoms with Gasteiger partial charge in [0.15, 0.2) is 0 Å². The van der Waals surface area contributed by atoms with Crippen molar-refractivity contribution in [2.75, 3.05) is 40.4 Å². The van der Waals surface area contributed by atoms with Gasteiger partial charge in [-0.2, -0.15) is 54.0 Å². The Morgan fingerprint density at radius 3 is 2.46 bits per heavy atom. The molecule has 0 radical (unpaired) electrons. The zero-order valence-electron chi connectivity index (χ0n) is 39.5. The number of carbonyl (C=O) groups excluding carboxylic acids is 4. The molecule has 0 unspecified atom stereocenters. The van der Waals surface area contributed by atoms with Crippen molar-refractivity contribution in [3.63, 3.8) is 0 Å². The zero-order chi connectivity index (χ0) is 46.2. The van der Waals surface area contributed by atoms with E-state index in [-0.39, 0.29) is 92.7 Å². The number of hydrazine groups is 1. The van der Waals surface area contributed by atoms with Crippen LogP contribution in [0, 0.1) is 11.3 Å². The minimum atomic E-state index is -4.84. The molecule has 4 atom stereocenters. The standard InChI is InChI=1S/C45H57F3N8O7S.4H2S/c1-9-55-35-15-14-27-18-30(35)31(39(55)29-12-10-16-49-37(29)26(4)61-8)20-44(5,6)24-62-42(59)32-13-11-17-56(52-32)41(58)33(19-36-50-34(27)23-64-36)51-40(57)38(25(2)3)53(7)43(60)54-21-28(22-54)63-45(46,47)48;;;;/h10,12,14-16,18,23,25-26,28,32-33,38,52H,9,11,13,17,19-22,24H2,1-8H3,(H,51,57);4*1H2/t26-,32-,33-,38-;;;;/m0..../s1. The SMILES string of the molecule is CCn1c(-c2cccnc2[C@H](C)OC)c2c3cc(ccc31)-c1csc(n1)C[C@H](NC(=O)[C@H](C(C)C)N(C)C(=O)N1CC(OC(F)(F)F)C1)C(=O)N1CCC[C@H](N1)C(=O)OCC(C)(C)C2.S.S.S.S. The summed E-state index contributed by atoms with van der Waals surface area (Å²) in [5, 5.41) is 7.72. The highest BCUT2D eigenvalue weighted by atomic mass is 32.1. The van der Waals surface area contributed by atoms with Crippen molar-refractivity contribution in [2.24, 2.45) is 11.3 Å². The normalized spacial score (nSPS) is 19.5. The van der Waals surface area contributed by atoms with Gasteiger partial charge in [0, 0.05) is 72.7 Å². The third kappa shape index (κ3) is 12.8. The van der Waals surface area contributed by atoms with Gasteiger partial charge in [0.05, 0.1) is 47.9 Å². The number of amides is 4. The summed E-state index contributed by atoms with van der Waals surface area (Å²) >= 11 is 1.34. The van der Waals surface area contributed by atoms with E-state index >= 15 is 0 Å². The molecule has 68 heavy (non-hydrogen) atoms.